The van der Waals surface area contributed by atoms with Gasteiger partial charge in [-0.25, -0.2) is 0 Å². The van der Waals surface area contributed by atoms with Crippen molar-refractivity contribution in [2.24, 2.45) is 0 Å². The first-order valence-corrected chi connectivity index (χ1v) is 5.76. The lowest BCUT2D eigenvalue weighted by molar-refractivity contribution is 0.918. The quantitative estimate of drug-likeness (QED) is 0.527. The average molecular weight is 204 g/mol. The molecule has 0 spiro atoms. The van der Waals surface area contributed by atoms with Crippen molar-refractivity contribution in [3.8, 4) is 0 Å². The van der Waals surface area contributed by atoms with Crippen LogP contribution in [0.2, 0.25) is 0 Å². The van der Waals surface area contributed by atoms with E-state index >= 15 is 0 Å². The summed E-state index contributed by atoms with van der Waals surface area (Å²) in [6.45, 7) is 14.0. The van der Waals surface area contributed by atoms with Crippen LogP contribution in [0.3, 0.4) is 0 Å². The number of hydrogen-bond acceptors (Lipinski definition) is 0. The van der Waals surface area contributed by atoms with Crippen LogP contribution in [-0.4, -0.2) is 0 Å². The summed E-state index contributed by atoms with van der Waals surface area (Å²) >= 11 is 0. The van der Waals surface area contributed by atoms with Gasteiger partial charge in [0.1, 0.15) is 0 Å². The molecule has 0 saturated heterocycles. The lowest BCUT2D eigenvalue weighted by Crippen LogP contribution is -1.80. The van der Waals surface area contributed by atoms with Crippen molar-refractivity contribution in [2.75, 3.05) is 0 Å². The molecule has 0 bridgehead atoms. The molecule has 0 saturated carbocycles. The van der Waals surface area contributed by atoms with Crippen molar-refractivity contribution in [1.29, 1.82) is 0 Å². The van der Waals surface area contributed by atoms with Gasteiger partial charge in [-0.2, -0.15) is 0 Å². The van der Waals surface area contributed by atoms with Crippen molar-refractivity contribution < 1.29 is 0 Å². The molecule has 0 aliphatic heterocycles. The molecule has 15 heavy (non-hydrogen) atoms. The van der Waals surface area contributed by atoms with Gasteiger partial charge in [0.25, 0.3) is 0 Å². The van der Waals surface area contributed by atoms with E-state index in [9.17, 15) is 0 Å². The van der Waals surface area contributed by atoms with E-state index in [1.807, 2.05) is 6.92 Å². The third kappa shape index (κ3) is 9.52. The zero-order chi connectivity index (χ0) is 11.7. The lowest BCUT2D eigenvalue weighted by Gasteiger charge is -2.00. The monoisotopic (exact) mass is 204 g/mol. The largest absolute Gasteiger partial charge is 0.0887 e. The minimum absolute atomic E-state index is 0.924. The Labute approximate surface area is 95.8 Å². The summed E-state index contributed by atoms with van der Waals surface area (Å²) in [6.07, 6.45) is 11.1. The Morgan fingerprint density at radius 2 is 1.47 bits per heavy atom. The molecule has 0 amide bonds. The molecule has 0 aromatic heterocycles. The van der Waals surface area contributed by atoms with Gasteiger partial charge in [0.15, 0.2) is 0 Å². The molecule has 0 unspecified atom stereocenters. The highest BCUT2D eigenvalue weighted by Gasteiger charge is 1.90. The SMILES string of the molecule is [CH]/C(C)=C/CC/C(C)=C/CC/C(C)=C/C. The zero-order valence-corrected chi connectivity index (χ0v) is 10.6. The molecular formula is C15H24. The fraction of sp³-hybridized carbons (Fsp3) is 0.533. The smallest absolute Gasteiger partial charge is 0.00630 e. The average Bonchev–Trinajstić information content (AvgIpc) is 2.17. The molecule has 0 fully saturated rings. The molecule has 0 aromatic rings. The number of hydrogen-bond donors (Lipinski definition) is 0. The summed E-state index contributed by atoms with van der Waals surface area (Å²) in [5.41, 5.74) is 3.86. The molecule has 0 atom stereocenters. The van der Waals surface area contributed by atoms with Gasteiger partial charge in [-0.1, -0.05) is 34.9 Å². The molecule has 0 aromatic carbocycles. The van der Waals surface area contributed by atoms with E-state index in [0.717, 1.165) is 24.8 Å². The highest BCUT2D eigenvalue weighted by molar-refractivity contribution is 5.06. The second-order valence-corrected chi connectivity index (χ2v) is 4.21. The van der Waals surface area contributed by atoms with Gasteiger partial charge in [-0.3, -0.25) is 0 Å². The van der Waals surface area contributed by atoms with Crippen molar-refractivity contribution in [3.63, 3.8) is 0 Å². The van der Waals surface area contributed by atoms with Crippen molar-refractivity contribution in [3.05, 3.63) is 41.9 Å². The summed E-state index contributed by atoms with van der Waals surface area (Å²) in [5, 5.41) is 0. The summed E-state index contributed by atoms with van der Waals surface area (Å²) in [5.74, 6) is 0. The normalized spacial score (nSPS) is 14.6. The van der Waals surface area contributed by atoms with E-state index in [1.54, 1.807) is 0 Å². The van der Waals surface area contributed by atoms with Crippen LogP contribution in [0.15, 0.2) is 34.9 Å². The Morgan fingerprint density at radius 1 is 0.933 bits per heavy atom. The maximum absolute atomic E-state index is 5.57. The van der Waals surface area contributed by atoms with E-state index in [1.165, 1.54) is 17.6 Å². The fourth-order valence-corrected chi connectivity index (χ4v) is 1.32. The fourth-order valence-electron chi connectivity index (χ4n) is 1.32. The van der Waals surface area contributed by atoms with Gasteiger partial charge in [-0.05, 0) is 60.3 Å². The van der Waals surface area contributed by atoms with Gasteiger partial charge < -0.3 is 0 Å². The molecule has 0 aliphatic rings. The van der Waals surface area contributed by atoms with E-state index < -0.39 is 0 Å². The van der Waals surface area contributed by atoms with Crippen molar-refractivity contribution in [1.82, 2.24) is 0 Å². The van der Waals surface area contributed by atoms with Crippen molar-refractivity contribution in [2.45, 2.75) is 53.4 Å². The highest BCUT2D eigenvalue weighted by Crippen LogP contribution is 2.10. The van der Waals surface area contributed by atoms with Crippen LogP contribution in [-0.2, 0) is 0 Å². The van der Waals surface area contributed by atoms with Crippen LogP contribution in [0, 0.1) is 6.92 Å². The standard InChI is InChI=1S/C15H24/c1-6-14(4)10-8-12-15(5)11-7-9-13(2)3/h2,6,9,12H,7-8,10-11H2,1,3-5H3/b13-9-,14-6+,15-12+. The van der Waals surface area contributed by atoms with E-state index in [4.69, 9.17) is 6.92 Å². The summed E-state index contributed by atoms with van der Waals surface area (Å²) in [6, 6.07) is 0. The first-order chi connectivity index (χ1) is 7.06. The van der Waals surface area contributed by atoms with E-state index in [-0.39, 0.29) is 0 Å². The third-order valence-corrected chi connectivity index (χ3v) is 2.53. The van der Waals surface area contributed by atoms with Crippen molar-refractivity contribution >= 4 is 0 Å². The van der Waals surface area contributed by atoms with Crippen LogP contribution in [0.1, 0.15) is 53.4 Å². The van der Waals surface area contributed by atoms with Gasteiger partial charge in [-0.15, -0.1) is 0 Å². The predicted molar refractivity (Wildman–Crippen MR) is 69.7 cm³/mol. The van der Waals surface area contributed by atoms with Crippen LogP contribution in [0.4, 0.5) is 0 Å². The molecule has 0 nitrogen and oxygen atoms in total. The van der Waals surface area contributed by atoms with Gasteiger partial charge >= 0.3 is 0 Å². The first kappa shape index (κ1) is 14.2. The highest BCUT2D eigenvalue weighted by atomic mass is 14.0. The maximum Gasteiger partial charge on any atom is -0.00630 e. The summed E-state index contributed by atoms with van der Waals surface area (Å²) in [7, 11) is 0. The lowest BCUT2D eigenvalue weighted by atomic mass is 10.1. The zero-order valence-electron chi connectivity index (χ0n) is 10.6. The Kier molecular flexibility index (Phi) is 8.08. The molecule has 0 aliphatic carbocycles. The van der Waals surface area contributed by atoms with Gasteiger partial charge in [0.2, 0.25) is 0 Å². The van der Waals surface area contributed by atoms with Gasteiger partial charge in [0, 0.05) is 0 Å². The predicted octanol–water partition coefficient (Wildman–Crippen LogP) is 5.12. The third-order valence-electron chi connectivity index (χ3n) is 2.53. The van der Waals surface area contributed by atoms with Gasteiger partial charge in [0.05, 0.1) is 0 Å². The molecule has 0 N–H and O–H groups in total. The first-order valence-electron chi connectivity index (χ1n) is 5.76. The molecule has 84 valence electrons. The maximum atomic E-state index is 5.57. The summed E-state index contributed by atoms with van der Waals surface area (Å²) in [4.78, 5) is 0. The van der Waals surface area contributed by atoms with E-state index in [0.29, 0.717) is 0 Å². The minimum atomic E-state index is 0.924. The second kappa shape index (κ2) is 8.52. The topological polar surface area (TPSA) is 0 Å². The Hall–Kier alpha value is -0.780. The molecule has 0 heterocycles. The van der Waals surface area contributed by atoms with Crippen LogP contribution >= 0.6 is 0 Å². The number of allylic oxidation sites excluding steroid dienone is 6. The molecule has 0 rings (SSSR count). The van der Waals surface area contributed by atoms with E-state index in [2.05, 4.69) is 39.0 Å². The Balaban J connectivity index is 3.75. The van der Waals surface area contributed by atoms with Crippen LogP contribution in [0.5, 0.6) is 0 Å². The number of rotatable bonds is 6. The molecule has 0 heteroatoms. The Morgan fingerprint density at radius 3 is 2.00 bits per heavy atom. The minimum Gasteiger partial charge on any atom is -0.0887 e. The second-order valence-electron chi connectivity index (χ2n) is 4.21. The Bertz CT molecular complexity index is 247. The molecule has 2 radical (unpaired) electrons. The van der Waals surface area contributed by atoms with Crippen LogP contribution < -0.4 is 0 Å². The van der Waals surface area contributed by atoms with Crippen LogP contribution in [0.25, 0.3) is 0 Å². The molecular weight excluding hydrogens is 180 g/mol. The summed E-state index contributed by atoms with van der Waals surface area (Å²) < 4.78 is 0.